The first-order chi connectivity index (χ1) is 14.2. The first-order valence-corrected chi connectivity index (χ1v) is 11.6. The lowest BCUT2D eigenvalue weighted by Gasteiger charge is -2.36. The molecule has 2 heterocycles. The van der Waals surface area contributed by atoms with Gasteiger partial charge in [0.15, 0.2) is 0 Å². The van der Waals surface area contributed by atoms with Crippen LogP contribution in [0.1, 0.15) is 25.0 Å². The van der Waals surface area contributed by atoms with Gasteiger partial charge in [0.1, 0.15) is 0 Å². The number of aryl methyl sites for hydroxylation is 1. The molecular weight excluding hydrogens is 422 g/mol. The molecule has 2 aromatic carbocycles. The van der Waals surface area contributed by atoms with Crippen molar-refractivity contribution in [3.05, 3.63) is 58.1 Å². The molecule has 0 atom stereocenters. The molecule has 0 unspecified atom stereocenters. The van der Waals surface area contributed by atoms with Crippen molar-refractivity contribution >= 4 is 44.5 Å². The van der Waals surface area contributed by atoms with E-state index in [1.54, 1.807) is 18.2 Å². The van der Waals surface area contributed by atoms with Gasteiger partial charge in [-0.15, -0.1) is 0 Å². The van der Waals surface area contributed by atoms with E-state index in [0.29, 0.717) is 48.0 Å². The van der Waals surface area contributed by atoms with Gasteiger partial charge in [-0.05, 0) is 56.7 Å². The van der Waals surface area contributed by atoms with E-state index in [4.69, 9.17) is 11.6 Å². The van der Waals surface area contributed by atoms with E-state index in [0.717, 1.165) is 16.8 Å². The summed E-state index contributed by atoms with van der Waals surface area (Å²) >= 11 is 6.14. The van der Waals surface area contributed by atoms with Crippen molar-refractivity contribution in [3.8, 4) is 0 Å². The van der Waals surface area contributed by atoms with Crippen molar-refractivity contribution in [1.29, 1.82) is 0 Å². The van der Waals surface area contributed by atoms with Crippen LogP contribution in [-0.4, -0.2) is 44.8 Å². The fraction of sp³-hybridized carbons (Fsp3) is 0.318. The van der Waals surface area contributed by atoms with E-state index < -0.39 is 10.0 Å². The molecule has 158 valence electrons. The standard InChI is InChI=1S/C22H24ClN3O3S/c1-14(2)21-18-13-17(6-7-19(18)24-22(21)27)30(28,29)26-10-8-25(9-11-26)20-12-16(23)5-4-15(20)3/h4-7,12-13H,8-11H2,1-3H3,(H,24,27). The van der Waals surface area contributed by atoms with Gasteiger partial charge in [-0.1, -0.05) is 23.2 Å². The van der Waals surface area contributed by atoms with Crippen molar-refractivity contribution in [1.82, 2.24) is 4.31 Å². The molecule has 2 aliphatic heterocycles. The minimum absolute atomic E-state index is 0.190. The van der Waals surface area contributed by atoms with Gasteiger partial charge in [-0.3, -0.25) is 4.79 Å². The molecule has 4 rings (SSSR count). The predicted octanol–water partition coefficient (Wildman–Crippen LogP) is 3.90. The average Bonchev–Trinajstić information content (AvgIpc) is 3.05. The minimum atomic E-state index is -3.66. The van der Waals surface area contributed by atoms with E-state index >= 15 is 0 Å². The molecule has 0 aliphatic carbocycles. The summed E-state index contributed by atoms with van der Waals surface area (Å²) in [7, 11) is -3.66. The Bertz CT molecular complexity index is 1160. The van der Waals surface area contributed by atoms with Crippen LogP contribution in [0.4, 0.5) is 11.4 Å². The normalized spacial score (nSPS) is 17.1. The summed E-state index contributed by atoms with van der Waals surface area (Å²) in [5, 5.41) is 3.47. The molecule has 30 heavy (non-hydrogen) atoms. The van der Waals surface area contributed by atoms with E-state index in [1.165, 1.54) is 4.31 Å². The number of amides is 1. The molecule has 0 bridgehead atoms. The second-order valence-corrected chi connectivity index (χ2v) is 10.2. The Morgan fingerprint density at radius 3 is 2.40 bits per heavy atom. The van der Waals surface area contributed by atoms with Crippen molar-refractivity contribution < 1.29 is 13.2 Å². The Kier molecular flexibility index (Phi) is 5.38. The molecule has 1 N–H and O–H groups in total. The molecule has 2 aromatic rings. The van der Waals surface area contributed by atoms with Gasteiger partial charge < -0.3 is 10.2 Å². The van der Waals surface area contributed by atoms with E-state index in [1.807, 2.05) is 39.0 Å². The van der Waals surface area contributed by atoms with Crippen LogP contribution < -0.4 is 10.2 Å². The zero-order chi connectivity index (χ0) is 21.6. The number of fused-ring (bicyclic) bond motifs is 1. The van der Waals surface area contributed by atoms with Crippen LogP contribution in [0, 0.1) is 6.92 Å². The lowest BCUT2D eigenvalue weighted by Crippen LogP contribution is -2.48. The summed E-state index contributed by atoms with van der Waals surface area (Å²) in [4.78, 5) is 14.6. The Hall–Kier alpha value is -2.35. The maximum Gasteiger partial charge on any atom is 0.256 e. The summed E-state index contributed by atoms with van der Waals surface area (Å²) in [6.07, 6.45) is 0. The van der Waals surface area contributed by atoms with Crippen LogP contribution in [0.2, 0.25) is 5.02 Å². The quantitative estimate of drug-likeness (QED) is 0.727. The number of rotatable bonds is 3. The summed E-state index contributed by atoms with van der Waals surface area (Å²) in [5.41, 5.74) is 4.84. The number of sulfonamides is 1. The number of nitrogens with zero attached hydrogens (tertiary/aromatic N) is 2. The third kappa shape index (κ3) is 3.62. The number of hydrogen-bond acceptors (Lipinski definition) is 4. The van der Waals surface area contributed by atoms with E-state index in [9.17, 15) is 13.2 Å². The average molecular weight is 446 g/mol. The van der Waals surface area contributed by atoms with Crippen LogP contribution in [0.5, 0.6) is 0 Å². The molecule has 0 radical (unpaired) electrons. The van der Waals surface area contributed by atoms with Gasteiger partial charge in [0.05, 0.1) is 4.90 Å². The molecule has 0 spiro atoms. The first kappa shape index (κ1) is 20.9. The molecule has 6 nitrogen and oxygen atoms in total. The number of carbonyl (C=O) groups is 1. The first-order valence-electron chi connectivity index (χ1n) is 9.83. The Balaban J connectivity index is 1.57. The van der Waals surface area contributed by atoms with E-state index in [-0.39, 0.29) is 10.8 Å². The van der Waals surface area contributed by atoms with Crippen molar-refractivity contribution in [3.63, 3.8) is 0 Å². The third-order valence-corrected chi connectivity index (χ3v) is 7.75. The van der Waals surface area contributed by atoms with Crippen molar-refractivity contribution in [2.75, 3.05) is 36.4 Å². The number of carbonyl (C=O) groups excluding carboxylic acids is 1. The topological polar surface area (TPSA) is 69.7 Å². The highest BCUT2D eigenvalue weighted by Gasteiger charge is 2.32. The molecule has 8 heteroatoms. The Labute approximate surface area is 182 Å². The van der Waals surface area contributed by atoms with Gasteiger partial charge in [-0.2, -0.15) is 4.31 Å². The summed E-state index contributed by atoms with van der Waals surface area (Å²) < 4.78 is 28.1. The number of benzene rings is 2. The fourth-order valence-corrected chi connectivity index (χ4v) is 5.66. The molecule has 2 aliphatic rings. The number of piperazine rings is 1. The molecule has 1 saturated heterocycles. The van der Waals surface area contributed by atoms with E-state index in [2.05, 4.69) is 10.2 Å². The zero-order valence-electron chi connectivity index (χ0n) is 17.2. The number of hydrogen-bond donors (Lipinski definition) is 1. The number of anilines is 2. The maximum absolute atomic E-state index is 13.3. The molecule has 0 aromatic heterocycles. The SMILES string of the molecule is CC(C)=C1C(=O)Nc2ccc(S(=O)(=O)N3CCN(c4cc(Cl)ccc4C)CC3)cc21. The largest absolute Gasteiger partial charge is 0.369 e. The van der Waals surface area contributed by atoms with Crippen molar-refractivity contribution in [2.45, 2.75) is 25.7 Å². The third-order valence-electron chi connectivity index (χ3n) is 5.62. The number of allylic oxidation sites excluding steroid dienone is 1. The van der Waals surface area contributed by atoms with Gasteiger partial charge in [0.25, 0.3) is 5.91 Å². The van der Waals surface area contributed by atoms with Gasteiger partial charge in [-0.25, -0.2) is 8.42 Å². The van der Waals surface area contributed by atoms with Crippen LogP contribution in [0.3, 0.4) is 0 Å². The molecule has 1 fully saturated rings. The second kappa shape index (κ2) is 7.72. The van der Waals surface area contributed by atoms with Crippen LogP contribution in [-0.2, 0) is 14.8 Å². The summed E-state index contributed by atoms with van der Waals surface area (Å²) in [5.74, 6) is -0.190. The Morgan fingerprint density at radius 2 is 1.73 bits per heavy atom. The van der Waals surface area contributed by atoms with Gasteiger partial charge in [0.2, 0.25) is 10.0 Å². The number of nitrogens with one attached hydrogen (secondary N) is 1. The van der Waals surface area contributed by atoms with Gasteiger partial charge >= 0.3 is 0 Å². The lowest BCUT2D eigenvalue weighted by molar-refractivity contribution is -0.110. The highest BCUT2D eigenvalue weighted by molar-refractivity contribution is 7.89. The van der Waals surface area contributed by atoms with Crippen LogP contribution in [0.15, 0.2) is 46.9 Å². The molecule has 0 saturated carbocycles. The second-order valence-electron chi connectivity index (χ2n) is 7.86. The monoisotopic (exact) mass is 445 g/mol. The Morgan fingerprint density at radius 1 is 1.03 bits per heavy atom. The highest BCUT2D eigenvalue weighted by Crippen LogP contribution is 2.36. The lowest BCUT2D eigenvalue weighted by atomic mass is 10.0. The highest BCUT2D eigenvalue weighted by atomic mass is 35.5. The maximum atomic E-state index is 13.3. The van der Waals surface area contributed by atoms with Crippen molar-refractivity contribution in [2.24, 2.45) is 0 Å². The molecule has 1 amide bonds. The summed E-state index contributed by atoms with van der Waals surface area (Å²) in [6.45, 7) is 7.67. The fourth-order valence-electron chi connectivity index (χ4n) is 4.04. The number of halogens is 1. The minimum Gasteiger partial charge on any atom is -0.369 e. The van der Waals surface area contributed by atoms with Crippen LogP contribution in [0.25, 0.3) is 5.57 Å². The summed E-state index contributed by atoms with van der Waals surface area (Å²) in [6, 6.07) is 10.6. The predicted molar refractivity (Wildman–Crippen MR) is 121 cm³/mol. The zero-order valence-corrected chi connectivity index (χ0v) is 18.8. The molecular formula is C22H24ClN3O3S. The smallest absolute Gasteiger partial charge is 0.256 e. The van der Waals surface area contributed by atoms with Gasteiger partial charge in [0, 0.05) is 53.7 Å². The van der Waals surface area contributed by atoms with Crippen LogP contribution >= 0.6 is 11.6 Å².